The molecular weight excluding hydrogens is 318 g/mol. The second-order valence-electron chi connectivity index (χ2n) is 4.12. The molecule has 1 unspecified atom stereocenters. The molecule has 19 heavy (non-hydrogen) atoms. The van der Waals surface area contributed by atoms with Gasteiger partial charge in [-0.05, 0) is 34.0 Å². The van der Waals surface area contributed by atoms with E-state index in [9.17, 15) is 8.78 Å². The Kier molecular flexibility index (Phi) is 4.26. The Hall–Kier alpha value is -1.34. The molecule has 0 saturated carbocycles. The Balaban J connectivity index is 2.41. The van der Waals surface area contributed by atoms with Crippen LogP contribution in [0.1, 0.15) is 30.6 Å². The first-order valence-corrected chi connectivity index (χ1v) is 6.63. The van der Waals surface area contributed by atoms with Crippen LogP contribution < -0.4 is 5.73 Å². The van der Waals surface area contributed by atoms with Gasteiger partial charge in [-0.2, -0.15) is 0 Å². The lowest BCUT2D eigenvalue weighted by atomic mass is 10.0. The number of halogens is 3. The first-order valence-electron chi connectivity index (χ1n) is 5.83. The summed E-state index contributed by atoms with van der Waals surface area (Å²) in [7, 11) is 0. The average molecular weight is 331 g/mol. The van der Waals surface area contributed by atoms with Gasteiger partial charge in [0.25, 0.3) is 0 Å². The predicted octanol–water partition coefficient (Wildman–Crippen LogP) is 2.78. The van der Waals surface area contributed by atoms with Gasteiger partial charge in [-0.3, -0.25) is 0 Å². The molecular formula is C12H13BrF2N4. The van der Waals surface area contributed by atoms with Crippen LogP contribution in [0.5, 0.6) is 0 Å². The highest BCUT2D eigenvalue weighted by atomic mass is 79.9. The van der Waals surface area contributed by atoms with Crippen LogP contribution in [-0.4, -0.2) is 15.0 Å². The highest BCUT2D eigenvalue weighted by Crippen LogP contribution is 2.29. The van der Waals surface area contributed by atoms with E-state index in [1.165, 1.54) is 12.3 Å². The summed E-state index contributed by atoms with van der Waals surface area (Å²) < 4.78 is 28.3. The number of nitrogens with two attached hydrogens (primary N) is 1. The van der Waals surface area contributed by atoms with Gasteiger partial charge in [0.05, 0.1) is 22.4 Å². The van der Waals surface area contributed by atoms with E-state index < -0.39 is 17.7 Å². The third-order valence-electron chi connectivity index (χ3n) is 2.80. The third kappa shape index (κ3) is 2.66. The third-order valence-corrected chi connectivity index (χ3v) is 3.61. The first-order chi connectivity index (χ1) is 9.06. The number of aromatic nitrogens is 3. The topological polar surface area (TPSA) is 56.7 Å². The van der Waals surface area contributed by atoms with Crippen molar-refractivity contribution in [2.45, 2.75) is 25.9 Å². The van der Waals surface area contributed by atoms with Crippen molar-refractivity contribution in [3.63, 3.8) is 0 Å². The van der Waals surface area contributed by atoms with Gasteiger partial charge in [0.15, 0.2) is 11.6 Å². The number of benzene rings is 1. The Bertz CT molecular complexity index is 585. The van der Waals surface area contributed by atoms with E-state index in [2.05, 4.69) is 26.2 Å². The van der Waals surface area contributed by atoms with Crippen LogP contribution >= 0.6 is 15.9 Å². The smallest absolute Gasteiger partial charge is 0.173 e. The van der Waals surface area contributed by atoms with Crippen molar-refractivity contribution >= 4 is 15.9 Å². The second kappa shape index (κ2) is 5.75. The van der Waals surface area contributed by atoms with Crippen molar-refractivity contribution in [2.75, 3.05) is 0 Å². The van der Waals surface area contributed by atoms with Crippen LogP contribution in [0, 0.1) is 11.6 Å². The van der Waals surface area contributed by atoms with Crippen molar-refractivity contribution in [1.29, 1.82) is 0 Å². The summed E-state index contributed by atoms with van der Waals surface area (Å²) in [5, 5.41) is 7.73. The van der Waals surface area contributed by atoms with Gasteiger partial charge in [-0.25, -0.2) is 13.5 Å². The zero-order valence-corrected chi connectivity index (χ0v) is 11.9. The summed E-state index contributed by atoms with van der Waals surface area (Å²) in [4.78, 5) is 0. The van der Waals surface area contributed by atoms with Gasteiger partial charge in [0, 0.05) is 6.54 Å². The Morgan fingerprint density at radius 1 is 1.42 bits per heavy atom. The van der Waals surface area contributed by atoms with Crippen LogP contribution in [0.25, 0.3) is 0 Å². The molecule has 1 heterocycles. The molecule has 7 heteroatoms. The molecule has 1 atom stereocenters. The lowest BCUT2D eigenvalue weighted by molar-refractivity contribution is 0.499. The molecule has 0 radical (unpaired) electrons. The molecule has 102 valence electrons. The molecule has 0 amide bonds. The summed E-state index contributed by atoms with van der Waals surface area (Å²) >= 11 is 3.04. The van der Waals surface area contributed by atoms with Crippen LogP contribution in [0.2, 0.25) is 0 Å². The van der Waals surface area contributed by atoms with Gasteiger partial charge in [-0.1, -0.05) is 18.2 Å². The van der Waals surface area contributed by atoms with Gasteiger partial charge >= 0.3 is 0 Å². The molecule has 4 nitrogen and oxygen atoms in total. The normalized spacial score (nSPS) is 12.7. The zero-order chi connectivity index (χ0) is 14.0. The first kappa shape index (κ1) is 14.1. The fourth-order valence-electron chi connectivity index (χ4n) is 1.83. The lowest BCUT2D eigenvalue weighted by Crippen LogP contribution is -2.18. The maximum absolute atomic E-state index is 13.5. The lowest BCUT2D eigenvalue weighted by Gasteiger charge is -2.15. The largest absolute Gasteiger partial charge is 0.319 e. The summed E-state index contributed by atoms with van der Waals surface area (Å²) in [6.07, 6.45) is 2.41. The van der Waals surface area contributed by atoms with E-state index >= 15 is 0 Å². The van der Waals surface area contributed by atoms with Crippen molar-refractivity contribution in [3.8, 4) is 0 Å². The van der Waals surface area contributed by atoms with Gasteiger partial charge in [-0.15, -0.1) is 5.10 Å². The van der Waals surface area contributed by atoms with Crippen molar-refractivity contribution < 1.29 is 8.78 Å². The summed E-state index contributed by atoms with van der Waals surface area (Å²) in [6.45, 7) is 2.68. The molecule has 2 N–H and O–H groups in total. The van der Waals surface area contributed by atoms with E-state index in [0.717, 1.165) is 12.5 Å². The van der Waals surface area contributed by atoms with E-state index in [1.807, 2.05) is 6.92 Å². The minimum Gasteiger partial charge on any atom is -0.319 e. The molecule has 0 bridgehead atoms. The standard InChI is InChI=1S/C12H13BrF2N4/c1-2-5-19-9(6-17-18-19)12(16)7-3-4-8(14)11(15)10(7)13/h3-4,6,12H,2,5,16H2,1H3. The van der Waals surface area contributed by atoms with Gasteiger partial charge < -0.3 is 5.73 Å². The monoisotopic (exact) mass is 330 g/mol. The van der Waals surface area contributed by atoms with Crippen molar-refractivity contribution in [3.05, 3.63) is 45.7 Å². The number of rotatable bonds is 4. The van der Waals surface area contributed by atoms with Crippen LogP contribution in [0.4, 0.5) is 8.78 Å². The summed E-state index contributed by atoms with van der Waals surface area (Å²) in [6, 6.07) is 1.89. The summed E-state index contributed by atoms with van der Waals surface area (Å²) in [5.41, 5.74) is 7.21. The Labute approximate surface area is 117 Å². The van der Waals surface area contributed by atoms with E-state index in [-0.39, 0.29) is 4.47 Å². The highest BCUT2D eigenvalue weighted by Gasteiger charge is 2.20. The van der Waals surface area contributed by atoms with E-state index in [4.69, 9.17) is 5.73 Å². The highest BCUT2D eigenvalue weighted by molar-refractivity contribution is 9.10. The molecule has 0 aliphatic carbocycles. The number of hydrogen-bond acceptors (Lipinski definition) is 3. The SMILES string of the molecule is CCCn1nncc1C(N)c1ccc(F)c(F)c1Br. The average Bonchev–Trinajstić information content (AvgIpc) is 2.84. The molecule has 0 spiro atoms. The van der Waals surface area contributed by atoms with Crippen LogP contribution in [0.3, 0.4) is 0 Å². The summed E-state index contributed by atoms with van der Waals surface area (Å²) in [5.74, 6) is -1.86. The maximum Gasteiger partial charge on any atom is 0.173 e. The molecule has 0 fully saturated rings. The molecule has 2 rings (SSSR count). The second-order valence-corrected chi connectivity index (χ2v) is 4.92. The Morgan fingerprint density at radius 3 is 2.84 bits per heavy atom. The van der Waals surface area contributed by atoms with Gasteiger partial charge in [0.1, 0.15) is 0 Å². The number of hydrogen-bond donors (Lipinski definition) is 1. The fraction of sp³-hybridized carbons (Fsp3) is 0.333. The molecule has 0 aliphatic rings. The zero-order valence-electron chi connectivity index (χ0n) is 10.3. The van der Waals surface area contributed by atoms with Crippen molar-refractivity contribution in [1.82, 2.24) is 15.0 Å². The fourth-order valence-corrected chi connectivity index (χ4v) is 2.40. The Morgan fingerprint density at radius 2 is 2.16 bits per heavy atom. The minimum atomic E-state index is -0.942. The number of aryl methyl sites for hydroxylation is 1. The maximum atomic E-state index is 13.5. The molecule has 1 aromatic heterocycles. The molecule has 1 aromatic carbocycles. The number of nitrogens with zero attached hydrogens (tertiary/aromatic N) is 3. The molecule has 0 aliphatic heterocycles. The quantitative estimate of drug-likeness (QED) is 0.877. The van der Waals surface area contributed by atoms with Crippen LogP contribution in [0.15, 0.2) is 22.8 Å². The van der Waals surface area contributed by atoms with Crippen molar-refractivity contribution in [2.24, 2.45) is 5.73 Å². The van der Waals surface area contributed by atoms with Gasteiger partial charge in [0.2, 0.25) is 0 Å². The molecule has 0 saturated heterocycles. The predicted molar refractivity (Wildman–Crippen MR) is 70.4 cm³/mol. The molecule has 2 aromatic rings. The van der Waals surface area contributed by atoms with E-state index in [0.29, 0.717) is 17.8 Å². The van der Waals surface area contributed by atoms with Crippen LogP contribution in [-0.2, 0) is 6.54 Å². The minimum absolute atomic E-state index is 0.0317. The van der Waals surface area contributed by atoms with E-state index in [1.54, 1.807) is 4.68 Å².